The molecule has 2 rings (SSSR count). The van der Waals surface area contributed by atoms with Crippen LogP contribution in [0.4, 0.5) is 0 Å². The number of carboxylic acid groups (broad SMARTS) is 1. The SMILES string of the molecule is CC1C(C(=O)O)CCN1CCC1CC1. The number of hydrogen-bond donors (Lipinski definition) is 1. The van der Waals surface area contributed by atoms with Crippen LogP contribution in [0.1, 0.15) is 32.6 Å². The minimum atomic E-state index is -0.619. The van der Waals surface area contributed by atoms with Crippen LogP contribution >= 0.6 is 0 Å². The number of rotatable bonds is 4. The van der Waals surface area contributed by atoms with Gasteiger partial charge in [0, 0.05) is 6.04 Å². The number of carboxylic acids is 1. The summed E-state index contributed by atoms with van der Waals surface area (Å²) in [4.78, 5) is 13.2. The normalized spacial score (nSPS) is 33.5. The van der Waals surface area contributed by atoms with Crippen molar-refractivity contribution in [2.24, 2.45) is 11.8 Å². The van der Waals surface area contributed by atoms with Crippen LogP contribution in [0.3, 0.4) is 0 Å². The molecule has 2 unspecified atom stereocenters. The first-order valence-electron chi connectivity index (χ1n) is 5.65. The fourth-order valence-electron chi connectivity index (χ4n) is 2.40. The van der Waals surface area contributed by atoms with E-state index in [2.05, 4.69) is 11.8 Å². The molecule has 1 aliphatic heterocycles. The van der Waals surface area contributed by atoms with Gasteiger partial charge in [-0.25, -0.2) is 0 Å². The van der Waals surface area contributed by atoms with E-state index in [-0.39, 0.29) is 12.0 Å². The van der Waals surface area contributed by atoms with Crippen molar-refractivity contribution >= 4 is 5.97 Å². The Labute approximate surface area is 85.1 Å². The second kappa shape index (κ2) is 3.89. The van der Waals surface area contributed by atoms with Gasteiger partial charge in [-0.1, -0.05) is 12.8 Å². The lowest BCUT2D eigenvalue weighted by molar-refractivity contribution is -0.142. The lowest BCUT2D eigenvalue weighted by Crippen LogP contribution is -2.33. The van der Waals surface area contributed by atoms with Crippen LogP contribution in [-0.2, 0) is 4.79 Å². The Morgan fingerprint density at radius 2 is 2.14 bits per heavy atom. The molecule has 2 aliphatic rings. The predicted molar refractivity (Wildman–Crippen MR) is 54.1 cm³/mol. The highest BCUT2D eigenvalue weighted by molar-refractivity contribution is 5.71. The quantitative estimate of drug-likeness (QED) is 0.744. The van der Waals surface area contributed by atoms with E-state index >= 15 is 0 Å². The fraction of sp³-hybridized carbons (Fsp3) is 0.909. The summed E-state index contributed by atoms with van der Waals surface area (Å²) in [6.07, 6.45) is 4.90. The molecule has 3 heteroatoms. The Morgan fingerprint density at radius 1 is 1.43 bits per heavy atom. The molecule has 1 saturated carbocycles. The number of aliphatic carboxylic acids is 1. The van der Waals surface area contributed by atoms with Gasteiger partial charge in [-0.15, -0.1) is 0 Å². The van der Waals surface area contributed by atoms with E-state index in [4.69, 9.17) is 5.11 Å². The molecule has 0 spiro atoms. The molecule has 2 fully saturated rings. The summed E-state index contributed by atoms with van der Waals surface area (Å²) < 4.78 is 0. The largest absolute Gasteiger partial charge is 0.481 e. The molecule has 1 N–H and O–H groups in total. The molecule has 0 radical (unpaired) electrons. The molecule has 2 atom stereocenters. The molecule has 0 aromatic heterocycles. The fourth-order valence-corrected chi connectivity index (χ4v) is 2.40. The zero-order valence-corrected chi connectivity index (χ0v) is 8.78. The number of carbonyl (C=O) groups is 1. The molecular formula is C11H19NO2. The molecule has 14 heavy (non-hydrogen) atoms. The zero-order valence-electron chi connectivity index (χ0n) is 8.78. The van der Waals surface area contributed by atoms with Crippen molar-refractivity contribution in [3.8, 4) is 0 Å². The summed E-state index contributed by atoms with van der Waals surface area (Å²) in [5.74, 6) is 0.201. The lowest BCUT2D eigenvalue weighted by Gasteiger charge is -2.22. The van der Waals surface area contributed by atoms with E-state index in [0.717, 1.165) is 25.4 Å². The van der Waals surface area contributed by atoms with Gasteiger partial charge in [0.15, 0.2) is 0 Å². The molecule has 3 nitrogen and oxygen atoms in total. The van der Waals surface area contributed by atoms with Crippen LogP contribution in [0, 0.1) is 11.8 Å². The van der Waals surface area contributed by atoms with Gasteiger partial charge >= 0.3 is 5.97 Å². The van der Waals surface area contributed by atoms with Gasteiger partial charge < -0.3 is 5.11 Å². The molecule has 0 aromatic rings. The number of hydrogen-bond acceptors (Lipinski definition) is 2. The Morgan fingerprint density at radius 3 is 2.64 bits per heavy atom. The molecular weight excluding hydrogens is 178 g/mol. The van der Waals surface area contributed by atoms with Crippen molar-refractivity contribution in [3.05, 3.63) is 0 Å². The van der Waals surface area contributed by atoms with E-state index in [1.807, 2.05) is 0 Å². The molecule has 0 aromatic carbocycles. The van der Waals surface area contributed by atoms with Gasteiger partial charge in [-0.3, -0.25) is 9.69 Å². The monoisotopic (exact) mass is 197 g/mol. The van der Waals surface area contributed by atoms with Crippen molar-refractivity contribution < 1.29 is 9.90 Å². The smallest absolute Gasteiger partial charge is 0.308 e. The van der Waals surface area contributed by atoms with E-state index in [1.165, 1.54) is 19.3 Å². The maximum absolute atomic E-state index is 10.9. The predicted octanol–water partition coefficient (Wildman–Crippen LogP) is 1.58. The minimum Gasteiger partial charge on any atom is -0.481 e. The minimum absolute atomic E-state index is 0.130. The first kappa shape index (κ1) is 9.97. The van der Waals surface area contributed by atoms with Crippen molar-refractivity contribution in [2.75, 3.05) is 13.1 Å². The van der Waals surface area contributed by atoms with Crippen molar-refractivity contribution in [2.45, 2.75) is 38.6 Å². The molecule has 1 aliphatic carbocycles. The second-order valence-corrected chi connectivity index (χ2v) is 4.74. The molecule has 0 amide bonds. The van der Waals surface area contributed by atoms with Gasteiger partial charge in [-0.2, -0.15) is 0 Å². The van der Waals surface area contributed by atoms with Gasteiger partial charge in [0.05, 0.1) is 5.92 Å². The molecule has 1 heterocycles. The van der Waals surface area contributed by atoms with Crippen LogP contribution < -0.4 is 0 Å². The van der Waals surface area contributed by atoms with Crippen molar-refractivity contribution in [1.29, 1.82) is 0 Å². The average Bonchev–Trinajstić information content (AvgIpc) is 2.87. The van der Waals surface area contributed by atoms with Crippen molar-refractivity contribution in [3.63, 3.8) is 0 Å². The molecule has 0 bridgehead atoms. The summed E-state index contributed by atoms with van der Waals surface area (Å²) in [5, 5.41) is 8.96. The van der Waals surface area contributed by atoms with Gasteiger partial charge in [-0.05, 0) is 38.8 Å². The van der Waals surface area contributed by atoms with Crippen LogP contribution in [0.15, 0.2) is 0 Å². The van der Waals surface area contributed by atoms with Crippen LogP contribution in [0.5, 0.6) is 0 Å². The number of likely N-dealkylation sites (tertiary alicyclic amines) is 1. The summed E-state index contributed by atoms with van der Waals surface area (Å²) in [5.41, 5.74) is 0. The van der Waals surface area contributed by atoms with Gasteiger partial charge in [0.1, 0.15) is 0 Å². The Kier molecular flexibility index (Phi) is 2.77. The third-order valence-corrected chi connectivity index (χ3v) is 3.72. The van der Waals surface area contributed by atoms with Gasteiger partial charge in [0.2, 0.25) is 0 Å². The van der Waals surface area contributed by atoms with Crippen LogP contribution in [0.25, 0.3) is 0 Å². The van der Waals surface area contributed by atoms with Gasteiger partial charge in [0.25, 0.3) is 0 Å². The zero-order chi connectivity index (χ0) is 10.1. The molecule has 80 valence electrons. The first-order chi connectivity index (χ1) is 6.68. The average molecular weight is 197 g/mol. The van der Waals surface area contributed by atoms with E-state index in [9.17, 15) is 4.79 Å². The van der Waals surface area contributed by atoms with E-state index in [0.29, 0.717) is 0 Å². The van der Waals surface area contributed by atoms with Crippen LogP contribution in [0.2, 0.25) is 0 Å². The highest BCUT2D eigenvalue weighted by Crippen LogP contribution is 2.34. The second-order valence-electron chi connectivity index (χ2n) is 4.74. The lowest BCUT2D eigenvalue weighted by atomic mass is 10.0. The maximum Gasteiger partial charge on any atom is 0.308 e. The maximum atomic E-state index is 10.9. The summed E-state index contributed by atoms with van der Waals surface area (Å²) in [6.45, 7) is 4.14. The highest BCUT2D eigenvalue weighted by Gasteiger charge is 2.35. The number of nitrogens with zero attached hydrogens (tertiary/aromatic N) is 1. The Hall–Kier alpha value is -0.570. The Balaban J connectivity index is 1.79. The van der Waals surface area contributed by atoms with Crippen LogP contribution in [-0.4, -0.2) is 35.1 Å². The molecule has 1 saturated heterocycles. The summed E-state index contributed by atoms with van der Waals surface area (Å²) in [7, 11) is 0. The third kappa shape index (κ3) is 2.08. The summed E-state index contributed by atoms with van der Waals surface area (Å²) >= 11 is 0. The first-order valence-corrected chi connectivity index (χ1v) is 5.65. The summed E-state index contributed by atoms with van der Waals surface area (Å²) in [6, 6.07) is 0.242. The van der Waals surface area contributed by atoms with E-state index in [1.54, 1.807) is 0 Å². The van der Waals surface area contributed by atoms with Crippen molar-refractivity contribution in [1.82, 2.24) is 4.90 Å². The third-order valence-electron chi connectivity index (χ3n) is 3.72. The highest BCUT2D eigenvalue weighted by atomic mass is 16.4. The Bertz CT molecular complexity index is 225. The van der Waals surface area contributed by atoms with E-state index < -0.39 is 5.97 Å². The topological polar surface area (TPSA) is 40.5 Å². The standard InChI is InChI=1S/C11H19NO2/c1-8-10(11(13)14)5-7-12(8)6-4-9-2-3-9/h8-10H,2-7H2,1H3,(H,13,14).